The Balaban J connectivity index is 1.80. The molecule has 0 aromatic heterocycles. The fraction of sp³-hybridized carbons (Fsp3) is 0.458. The van der Waals surface area contributed by atoms with Gasteiger partial charge in [-0.3, -0.25) is 4.99 Å². The second-order valence-electron chi connectivity index (χ2n) is 8.39. The first-order chi connectivity index (χ1) is 13.9. The van der Waals surface area contributed by atoms with E-state index < -0.39 is 10.0 Å². The highest BCUT2D eigenvalue weighted by Crippen LogP contribution is 2.43. The number of piperidine rings is 1. The molecule has 1 aromatic carbocycles. The summed E-state index contributed by atoms with van der Waals surface area (Å²) in [5, 5.41) is 0. The number of rotatable bonds is 3. The van der Waals surface area contributed by atoms with E-state index in [2.05, 4.69) is 50.3 Å². The van der Waals surface area contributed by atoms with Gasteiger partial charge >= 0.3 is 0 Å². The van der Waals surface area contributed by atoms with Crippen molar-refractivity contribution in [2.75, 3.05) is 19.3 Å². The van der Waals surface area contributed by atoms with E-state index in [1.165, 1.54) is 34.1 Å². The molecule has 1 aliphatic carbocycles. The maximum Gasteiger partial charge on any atom is 0.211 e. The Morgan fingerprint density at radius 3 is 2.66 bits per heavy atom. The quantitative estimate of drug-likeness (QED) is 0.716. The summed E-state index contributed by atoms with van der Waals surface area (Å²) in [6.07, 6.45) is 13.6. The Hall–Kier alpha value is -1.98. The molecule has 0 saturated carbocycles. The largest absolute Gasteiger partial charge is 0.260 e. The lowest BCUT2D eigenvalue weighted by Crippen LogP contribution is -2.40. The smallest absolute Gasteiger partial charge is 0.211 e. The molecular formula is C24H30N2O2S. The fourth-order valence-electron chi connectivity index (χ4n) is 4.92. The number of sulfonamides is 1. The predicted octanol–water partition coefficient (Wildman–Crippen LogP) is 4.84. The van der Waals surface area contributed by atoms with E-state index in [1.807, 2.05) is 6.20 Å². The number of hydrogen-bond acceptors (Lipinski definition) is 3. The summed E-state index contributed by atoms with van der Waals surface area (Å²) in [4.78, 5) is 4.94. The standard InChI is InChI=1S/C24H30N2O2S/c1-4-18-16-20-15-17(2)8-9-21(20)23(24-22(18)7-5-6-12-25-24)19-10-13-26(14-11-19)29(3,27)28/h6-9,12,15-16,19,23H,4-5,10-11,13-14H2,1-3H3. The Labute approximate surface area is 174 Å². The van der Waals surface area contributed by atoms with Gasteiger partial charge in [0, 0.05) is 25.2 Å². The molecule has 5 heteroatoms. The molecule has 1 fully saturated rings. The highest BCUT2D eigenvalue weighted by atomic mass is 32.2. The van der Waals surface area contributed by atoms with Crippen molar-refractivity contribution in [2.45, 2.75) is 45.4 Å². The summed E-state index contributed by atoms with van der Waals surface area (Å²) >= 11 is 0. The van der Waals surface area contributed by atoms with Crippen LogP contribution in [0.4, 0.5) is 0 Å². The van der Waals surface area contributed by atoms with Gasteiger partial charge in [-0.05, 0) is 60.8 Å². The van der Waals surface area contributed by atoms with Crippen LogP contribution in [0.2, 0.25) is 0 Å². The highest BCUT2D eigenvalue weighted by Gasteiger charge is 2.37. The van der Waals surface area contributed by atoms with Crippen molar-refractivity contribution in [3.05, 3.63) is 64.4 Å². The number of benzene rings is 1. The molecule has 0 amide bonds. The van der Waals surface area contributed by atoms with Gasteiger partial charge in [-0.1, -0.05) is 48.9 Å². The predicted molar refractivity (Wildman–Crippen MR) is 121 cm³/mol. The normalized spacial score (nSPS) is 23.3. The third-order valence-electron chi connectivity index (χ3n) is 6.42. The SMILES string of the molecule is CCC1=Cc2cc(C)ccc2C(C2CCN(S(C)(=O)=O)CC2)C2=NC=CCC=C12. The Bertz CT molecular complexity index is 1020. The zero-order valence-corrected chi connectivity index (χ0v) is 18.4. The molecule has 2 aliphatic heterocycles. The highest BCUT2D eigenvalue weighted by molar-refractivity contribution is 7.88. The molecule has 1 saturated heterocycles. The van der Waals surface area contributed by atoms with Crippen molar-refractivity contribution >= 4 is 21.8 Å². The van der Waals surface area contributed by atoms with Crippen molar-refractivity contribution in [1.82, 2.24) is 4.31 Å². The van der Waals surface area contributed by atoms with Crippen LogP contribution < -0.4 is 0 Å². The minimum absolute atomic E-state index is 0.196. The first kappa shape index (κ1) is 20.3. The van der Waals surface area contributed by atoms with E-state index in [9.17, 15) is 8.42 Å². The number of nitrogens with zero attached hydrogens (tertiary/aromatic N) is 2. The minimum Gasteiger partial charge on any atom is -0.260 e. The van der Waals surface area contributed by atoms with Crippen molar-refractivity contribution in [3.8, 4) is 0 Å². The molecule has 1 unspecified atom stereocenters. The molecule has 1 aromatic rings. The van der Waals surface area contributed by atoms with Gasteiger partial charge in [0.05, 0.1) is 12.0 Å². The third kappa shape index (κ3) is 4.03. The topological polar surface area (TPSA) is 49.7 Å². The van der Waals surface area contributed by atoms with Gasteiger partial charge in [-0.15, -0.1) is 0 Å². The van der Waals surface area contributed by atoms with Gasteiger partial charge in [-0.2, -0.15) is 0 Å². The first-order valence-electron chi connectivity index (χ1n) is 10.6. The average molecular weight is 411 g/mol. The van der Waals surface area contributed by atoms with Gasteiger partial charge in [0.2, 0.25) is 10.0 Å². The van der Waals surface area contributed by atoms with Crippen LogP contribution in [0.15, 0.2) is 52.7 Å². The molecule has 154 valence electrons. The van der Waals surface area contributed by atoms with Crippen molar-refractivity contribution in [3.63, 3.8) is 0 Å². The maximum absolute atomic E-state index is 12.0. The molecule has 0 bridgehead atoms. The molecule has 0 spiro atoms. The lowest BCUT2D eigenvalue weighted by atomic mass is 9.74. The van der Waals surface area contributed by atoms with Crippen molar-refractivity contribution < 1.29 is 8.42 Å². The van der Waals surface area contributed by atoms with Gasteiger partial charge in [-0.25, -0.2) is 12.7 Å². The first-order valence-corrected chi connectivity index (χ1v) is 12.4. The van der Waals surface area contributed by atoms with Gasteiger partial charge in [0.1, 0.15) is 0 Å². The summed E-state index contributed by atoms with van der Waals surface area (Å²) < 4.78 is 25.6. The second kappa shape index (κ2) is 8.04. The molecule has 3 aliphatic rings. The zero-order chi connectivity index (χ0) is 20.6. The lowest BCUT2D eigenvalue weighted by Gasteiger charge is -2.36. The summed E-state index contributed by atoms with van der Waals surface area (Å²) in [6, 6.07) is 6.74. The second-order valence-corrected chi connectivity index (χ2v) is 10.4. The number of fused-ring (bicyclic) bond motifs is 2. The molecular weight excluding hydrogens is 380 g/mol. The van der Waals surface area contributed by atoms with E-state index in [-0.39, 0.29) is 5.92 Å². The van der Waals surface area contributed by atoms with Crippen LogP contribution in [0.5, 0.6) is 0 Å². The van der Waals surface area contributed by atoms with Gasteiger partial charge in [0.25, 0.3) is 0 Å². The molecule has 4 rings (SSSR count). The van der Waals surface area contributed by atoms with Crippen LogP contribution in [0.1, 0.15) is 55.2 Å². The van der Waals surface area contributed by atoms with E-state index >= 15 is 0 Å². The van der Waals surface area contributed by atoms with Crippen molar-refractivity contribution in [2.24, 2.45) is 10.9 Å². The Kier molecular flexibility index (Phi) is 5.63. The van der Waals surface area contributed by atoms with Gasteiger partial charge in [0.15, 0.2) is 0 Å². The molecule has 1 atom stereocenters. The average Bonchev–Trinajstić information content (AvgIpc) is 2.99. The van der Waals surface area contributed by atoms with Crippen LogP contribution in [-0.2, 0) is 10.0 Å². The molecule has 0 N–H and O–H groups in total. The van der Waals surface area contributed by atoms with Gasteiger partial charge < -0.3 is 0 Å². The number of allylic oxidation sites excluding steroid dienone is 4. The summed E-state index contributed by atoms with van der Waals surface area (Å²) in [5.74, 6) is 0.578. The van der Waals surface area contributed by atoms with Crippen LogP contribution in [-0.4, -0.2) is 37.8 Å². The molecule has 4 nitrogen and oxygen atoms in total. The summed E-state index contributed by atoms with van der Waals surface area (Å²) in [5.41, 5.74) is 7.67. The Morgan fingerprint density at radius 2 is 1.97 bits per heavy atom. The third-order valence-corrected chi connectivity index (χ3v) is 7.72. The number of aryl methyl sites for hydroxylation is 1. The van der Waals surface area contributed by atoms with Crippen molar-refractivity contribution in [1.29, 1.82) is 0 Å². The fourth-order valence-corrected chi connectivity index (χ4v) is 5.80. The summed E-state index contributed by atoms with van der Waals surface area (Å²) in [7, 11) is -3.13. The van der Waals surface area contributed by atoms with Crippen LogP contribution in [0, 0.1) is 12.8 Å². The van der Waals surface area contributed by atoms with Crippen LogP contribution in [0.25, 0.3) is 6.08 Å². The molecule has 0 radical (unpaired) electrons. The minimum atomic E-state index is -3.13. The molecule has 2 heterocycles. The van der Waals surface area contributed by atoms with E-state index in [0.29, 0.717) is 19.0 Å². The lowest BCUT2D eigenvalue weighted by molar-refractivity contribution is 0.265. The van der Waals surface area contributed by atoms with E-state index in [0.717, 1.165) is 31.4 Å². The number of aliphatic imine (C=N–C) groups is 1. The summed E-state index contributed by atoms with van der Waals surface area (Å²) in [6.45, 7) is 5.54. The van der Waals surface area contributed by atoms with E-state index in [1.54, 1.807) is 4.31 Å². The zero-order valence-electron chi connectivity index (χ0n) is 17.6. The van der Waals surface area contributed by atoms with Crippen LogP contribution in [0.3, 0.4) is 0 Å². The monoisotopic (exact) mass is 410 g/mol. The maximum atomic E-state index is 12.0. The number of hydrogen-bond donors (Lipinski definition) is 0. The van der Waals surface area contributed by atoms with E-state index in [4.69, 9.17) is 4.99 Å². The molecule has 29 heavy (non-hydrogen) atoms. The van der Waals surface area contributed by atoms with Crippen LogP contribution >= 0.6 is 0 Å². The Morgan fingerprint density at radius 1 is 1.21 bits per heavy atom.